The Hall–Kier alpha value is -2.72. The first-order valence-corrected chi connectivity index (χ1v) is 7.07. The maximum absolute atomic E-state index is 10.2. The molecule has 0 saturated carbocycles. The van der Waals surface area contributed by atoms with Crippen LogP contribution in [0.1, 0.15) is 18.3 Å². The van der Waals surface area contributed by atoms with Gasteiger partial charge in [-0.25, -0.2) is 9.98 Å². The molecule has 1 heterocycles. The molecule has 0 amide bonds. The Kier molecular flexibility index (Phi) is 4.12. The van der Waals surface area contributed by atoms with Crippen molar-refractivity contribution < 1.29 is 10.2 Å². The van der Waals surface area contributed by atoms with E-state index >= 15 is 0 Å². The number of aliphatic hydroxyl groups excluding tert-OH is 2. The van der Waals surface area contributed by atoms with Crippen LogP contribution in [0.5, 0.6) is 0 Å². The van der Waals surface area contributed by atoms with Crippen molar-refractivity contribution in [3.8, 4) is 11.3 Å². The third kappa shape index (κ3) is 3.13. The van der Waals surface area contributed by atoms with Gasteiger partial charge >= 0.3 is 0 Å². The predicted molar refractivity (Wildman–Crippen MR) is 86.5 cm³/mol. The highest BCUT2D eigenvalue weighted by atomic mass is 16.3. The van der Waals surface area contributed by atoms with E-state index in [0.717, 1.165) is 11.3 Å². The summed E-state index contributed by atoms with van der Waals surface area (Å²) in [4.78, 5) is 8.62. The number of hydrogen-bond donors (Lipinski definition) is 2. The van der Waals surface area contributed by atoms with E-state index in [2.05, 4.69) is 9.98 Å². The van der Waals surface area contributed by atoms with Crippen molar-refractivity contribution in [2.45, 2.75) is 12.6 Å². The molecule has 1 aromatic carbocycles. The summed E-state index contributed by atoms with van der Waals surface area (Å²) in [6.07, 6.45) is 4.59. The van der Waals surface area contributed by atoms with Crippen molar-refractivity contribution >= 4 is 5.71 Å². The van der Waals surface area contributed by atoms with E-state index in [9.17, 15) is 10.2 Å². The second kappa shape index (κ2) is 6.37. The Morgan fingerprint density at radius 2 is 1.86 bits per heavy atom. The van der Waals surface area contributed by atoms with Crippen LogP contribution in [0.15, 0.2) is 77.5 Å². The molecule has 0 spiro atoms. The number of hydrogen-bond acceptors (Lipinski definition) is 4. The molecule has 0 aliphatic heterocycles. The SMILES string of the molecule is OC1=CC=CCC1=NC(O)c1cccc(-c2ccccc2)n1. The molecule has 3 rings (SSSR count). The lowest BCUT2D eigenvalue weighted by Gasteiger charge is -2.11. The van der Waals surface area contributed by atoms with Crippen LogP contribution in [0, 0.1) is 0 Å². The Bertz CT molecular complexity index is 749. The summed E-state index contributed by atoms with van der Waals surface area (Å²) in [5.41, 5.74) is 2.67. The lowest BCUT2D eigenvalue weighted by molar-refractivity contribution is 0.183. The van der Waals surface area contributed by atoms with Gasteiger partial charge < -0.3 is 10.2 Å². The number of benzene rings is 1. The van der Waals surface area contributed by atoms with Crippen molar-refractivity contribution in [3.05, 3.63) is 78.2 Å². The monoisotopic (exact) mass is 292 g/mol. The standard InChI is InChI=1S/C18H16N2O2/c21-17-12-5-4-9-15(17)20-18(22)16-11-6-10-14(19-16)13-7-2-1-3-8-13/h1-8,10-12,18,21-22H,9H2. The van der Waals surface area contributed by atoms with Crippen molar-refractivity contribution in [1.29, 1.82) is 0 Å². The minimum atomic E-state index is -1.10. The lowest BCUT2D eigenvalue weighted by atomic mass is 10.1. The van der Waals surface area contributed by atoms with Gasteiger partial charge in [0.15, 0.2) is 6.23 Å². The van der Waals surface area contributed by atoms with Gasteiger partial charge in [0.2, 0.25) is 0 Å². The molecular weight excluding hydrogens is 276 g/mol. The Morgan fingerprint density at radius 3 is 2.64 bits per heavy atom. The van der Waals surface area contributed by atoms with Gasteiger partial charge in [-0.3, -0.25) is 0 Å². The third-order valence-corrected chi connectivity index (χ3v) is 3.38. The molecule has 1 aliphatic carbocycles. The smallest absolute Gasteiger partial charge is 0.188 e. The average molecular weight is 292 g/mol. The van der Waals surface area contributed by atoms with Gasteiger partial charge in [-0.05, 0) is 18.2 Å². The van der Waals surface area contributed by atoms with Crippen LogP contribution in [-0.4, -0.2) is 20.9 Å². The second-order valence-corrected chi connectivity index (χ2v) is 4.95. The first-order valence-electron chi connectivity index (χ1n) is 7.07. The van der Waals surface area contributed by atoms with Gasteiger partial charge in [0.05, 0.1) is 17.1 Å². The summed E-state index contributed by atoms with van der Waals surface area (Å²) in [6.45, 7) is 0. The van der Waals surface area contributed by atoms with Gasteiger partial charge in [0.1, 0.15) is 5.76 Å². The molecule has 0 radical (unpaired) electrons. The van der Waals surface area contributed by atoms with Crippen LogP contribution in [0.3, 0.4) is 0 Å². The predicted octanol–water partition coefficient (Wildman–Crippen LogP) is 3.58. The van der Waals surface area contributed by atoms with Gasteiger partial charge in [-0.2, -0.15) is 0 Å². The van der Waals surface area contributed by atoms with Gasteiger partial charge in [0, 0.05) is 12.0 Å². The Labute approximate surface area is 128 Å². The molecule has 22 heavy (non-hydrogen) atoms. The Morgan fingerprint density at radius 1 is 1.05 bits per heavy atom. The highest BCUT2D eigenvalue weighted by Gasteiger charge is 2.13. The fourth-order valence-corrected chi connectivity index (χ4v) is 2.24. The molecule has 0 saturated heterocycles. The number of aliphatic hydroxyl groups is 2. The summed E-state index contributed by atoms with van der Waals surface area (Å²) in [5, 5.41) is 20.0. The van der Waals surface area contributed by atoms with E-state index in [4.69, 9.17) is 0 Å². The second-order valence-electron chi connectivity index (χ2n) is 4.95. The molecule has 4 heteroatoms. The van der Waals surface area contributed by atoms with Crippen LogP contribution in [0.2, 0.25) is 0 Å². The third-order valence-electron chi connectivity index (χ3n) is 3.38. The van der Waals surface area contributed by atoms with Crippen molar-refractivity contribution in [2.24, 2.45) is 4.99 Å². The molecule has 1 unspecified atom stereocenters. The van der Waals surface area contributed by atoms with Crippen LogP contribution in [0.4, 0.5) is 0 Å². The molecule has 1 aliphatic rings. The Balaban J connectivity index is 1.88. The molecule has 1 atom stereocenters. The van der Waals surface area contributed by atoms with Crippen LogP contribution in [0.25, 0.3) is 11.3 Å². The highest BCUT2D eigenvalue weighted by Crippen LogP contribution is 2.21. The molecule has 0 bridgehead atoms. The number of pyridine rings is 1. The molecule has 2 aromatic rings. The van der Waals surface area contributed by atoms with Gasteiger partial charge in [0.25, 0.3) is 0 Å². The maximum atomic E-state index is 10.2. The summed E-state index contributed by atoms with van der Waals surface area (Å²) in [5.74, 6) is 0.0840. The van der Waals surface area contributed by atoms with E-state index in [1.54, 1.807) is 18.2 Å². The number of rotatable bonds is 3. The minimum absolute atomic E-state index is 0.0840. The van der Waals surface area contributed by atoms with Crippen LogP contribution < -0.4 is 0 Å². The summed E-state index contributed by atoms with van der Waals surface area (Å²) < 4.78 is 0. The van der Waals surface area contributed by atoms with Crippen molar-refractivity contribution in [3.63, 3.8) is 0 Å². The van der Waals surface area contributed by atoms with Gasteiger partial charge in [-0.1, -0.05) is 48.6 Å². The van der Waals surface area contributed by atoms with Gasteiger partial charge in [-0.15, -0.1) is 0 Å². The van der Waals surface area contributed by atoms with E-state index in [1.807, 2.05) is 48.5 Å². The zero-order valence-electron chi connectivity index (χ0n) is 11.9. The fourth-order valence-electron chi connectivity index (χ4n) is 2.24. The van der Waals surface area contributed by atoms with E-state index in [0.29, 0.717) is 17.8 Å². The first-order chi connectivity index (χ1) is 10.7. The minimum Gasteiger partial charge on any atom is -0.506 e. The normalized spacial score (nSPS) is 17.3. The highest BCUT2D eigenvalue weighted by molar-refractivity contribution is 6.00. The molecule has 0 fully saturated rings. The van der Waals surface area contributed by atoms with E-state index in [-0.39, 0.29) is 5.76 Å². The topological polar surface area (TPSA) is 65.7 Å². The zero-order valence-corrected chi connectivity index (χ0v) is 11.9. The fraction of sp³-hybridized carbons (Fsp3) is 0.111. The number of allylic oxidation sites excluding steroid dienone is 4. The average Bonchev–Trinajstić information content (AvgIpc) is 2.58. The number of nitrogens with zero attached hydrogens (tertiary/aromatic N) is 2. The lowest BCUT2D eigenvalue weighted by Crippen LogP contribution is -2.08. The largest absolute Gasteiger partial charge is 0.506 e. The number of aromatic nitrogens is 1. The van der Waals surface area contributed by atoms with Crippen LogP contribution in [-0.2, 0) is 0 Å². The zero-order chi connectivity index (χ0) is 15.4. The summed E-state index contributed by atoms with van der Waals surface area (Å²) >= 11 is 0. The van der Waals surface area contributed by atoms with E-state index < -0.39 is 6.23 Å². The molecule has 1 aromatic heterocycles. The maximum Gasteiger partial charge on any atom is 0.188 e. The summed E-state index contributed by atoms with van der Waals surface area (Å²) in [6, 6.07) is 15.2. The van der Waals surface area contributed by atoms with Crippen molar-refractivity contribution in [2.75, 3.05) is 0 Å². The molecule has 4 nitrogen and oxygen atoms in total. The van der Waals surface area contributed by atoms with Crippen LogP contribution >= 0.6 is 0 Å². The first kappa shape index (κ1) is 14.2. The molecule has 110 valence electrons. The summed E-state index contributed by atoms with van der Waals surface area (Å²) in [7, 11) is 0. The van der Waals surface area contributed by atoms with Crippen molar-refractivity contribution in [1.82, 2.24) is 4.98 Å². The molecular formula is C18H16N2O2. The quantitative estimate of drug-likeness (QED) is 0.908. The van der Waals surface area contributed by atoms with E-state index in [1.165, 1.54) is 0 Å². The number of aliphatic imine (C=N–C) groups is 1. The molecule has 2 N–H and O–H groups in total.